The normalized spacial score (nSPS) is 15.5. The molecule has 0 unspecified atom stereocenters. The first-order chi connectivity index (χ1) is 12.2. The van der Waals surface area contributed by atoms with Crippen LogP contribution in [0.1, 0.15) is 35.1 Å². The third-order valence-electron chi connectivity index (χ3n) is 4.92. The number of nitrogens with zero attached hydrogens (tertiary/aromatic N) is 5. The summed E-state index contributed by atoms with van der Waals surface area (Å²) < 4.78 is 3.93. The van der Waals surface area contributed by atoms with E-state index in [2.05, 4.69) is 26.9 Å². The number of likely N-dealkylation sites (tertiary alicyclic amines) is 1. The average molecular weight is 335 g/mol. The monoisotopic (exact) mass is 335 g/mol. The highest BCUT2D eigenvalue weighted by molar-refractivity contribution is 5.92. The predicted molar refractivity (Wildman–Crippen MR) is 94.7 cm³/mol. The number of hydrogen-bond donors (Lipinski definition) is 0. The Bertz CT molecular complexity index is 859. The van der Waals surface area contributed by atoms with Crippen molar-refractivity contribution < 1.29 is 4.79 Å². The number of aryl methyl sites for hydroxylation is 1. The van der Waals surface area contributed by atoms with Gasteiger partial charge in [-0.25, -0.2) is 0 Å². The van der Waals surface area contributed by atoms with Gasteiger partial charge in [0.25, 0.3) is 5.91 Å². The van der Waals surface area contributed by atoms with Crippen molar-refractivity contribution in [1.82, 2.24) is 24.2 Å². The second-order valence-corrected chi connectivity index (χ2v) is 6.47. The van der Waals surface area contributed by atoms with E-state index in [1.165, 1.54) is 0 Å². The predicted octanol–water partition coefficient (Wildman–Crippen LogP) is 2.63. The van der Waals surface area contributed by atoms with Gasteiger partial charge in [-0.05, 0) is 37.1 Å². The van der Waals surface area contributed by atoms with E-state index in [0.29, 0.717) is 5.92 Å². The Kier molecular flexibility index (Phi) is 4.09. The molecule has 0 N–H and O–H groups in total. The zero-order valence-corrected chi connectivity index (χ0v) is 14.2. The summed E-state index contributed by atoms with van der Waals surface area (Å²) in [4.78, 5) is 14.6. The lowest BCUT2D eigenvalue weighted by molar-refractivity contribution is 0.0701. The summed E-state index contributed by atoms with van der Waals surface area (Å²) in [5.41, 5.74) is 1.82. The van der Waals surface area contributed by atoms with Gasteiger partial charge in [0.15, 0.2) is 0 Å². The van der Waals surface area contributed by atoms with Crippen molar-refractivity contribution in [2.45, 2.75) is 18.8 Å². The van der Waals surface area contributed by atoms with Crippen molar-refractivity contribution in [2.24, 2.45) is 7.05 Å². The lowest BCUT2D eigenvalue weighted by Crippen LogP contribution is -2.39. The molecular weight excluding hydrogens is 314 g/mol. The van der Waals surface area contributed by atoms with Crippen LogP contribution in [0.3, 0.4) is 0 Å². The van der Waals surface area contributed by atoms with Crippen molar-refractivity contribution in [3.63, 3.8) is 0 Å². The largest absolute Gasteiger partial charge is 0.347 e. The third kappa shape index (κ3) is 2.95. The molecule has 3 aromatic rings. The number of amides is 1. The highest BCUT2D eigenvalue weighted by Gasteiger charge is 2.28. The molecule has 0 spiro atoms. The molecule has 2 aromatic heterocycles. The van der Waals surface area contributed by atoms with Gasteiger partial charge in [0.05, 0.1) is 0 Å². The van der Waals surface area contributed by atoms with Gasteiger partial charge in [-0.2, -0.15) is 0 Å². The van der Waals surface area contributed by atoms with Gasteiger partial charge < -0.3 is 9.47 Å². The number of hydrogen-bond acceptors (Lipinski definition) is 3. The van der Waals surface area contributed by atoms with Gasteiger partial charge in [-0.1, -0.05) is 18.2 Å². The van der Waals surface area contributed by atoms with E-state index in [1.54, 1.807) is 6.33 Å². The molecule has 1 aromatic carbocycles. The molecule has 1 aliphatic rings. The third-order valence-corrected chi connectivity index (χ3v) is 4.92. The summed E-state index contributed by atoms with van der Waals surface area (Å²) in [7, 11) is 1.91. The van der Waals surface area contributed by atoms with Crippen LogP contribution < -0.4 is 0 Å². The minimum absolute atomic E-state index is 0.107. The summed E-state index contributed by atoms with van der Waals surface area (Å²) >= 11 is 0. The second kappa shape index (κ2) is 6.55. The maximum atomic E-state index is 12.6. The van der Waals surface area contributed by atoms with E-state index in [1.807, 2.05) is 53.0 Å². The standard InChI is InChI=1S/C19H21N5O/c1-22-11-5-8-17(22)19(25)23-12-9-15(10-13-23)18-21-20-14-24(18)16-6-3-2-4-7-16/h2-8,11,14-15H,9-10,12-13H2,1H3. The van der Waals surface area contributed by atoms with Crippen LogP contribution in [0, 0.1) is 0 Å². The fourth-order valence-corrected chi connectivity index (χ4v) is 3.50. The maximum Gasteiger partial charge on any atom is 0.270 e. The molecule has 0 bridgehead atoms. The van der Waals surface area contributed by atoms with E-state index in [4.69, 9.17) is 0 Å². The molecule has 4 rings (SSSR count). The van der Waals surface area contributed by atoms with Crippen LogP contribution in [-0.2, 0) is 7.05 Å². The second-order valence-electron chi connectivity index (χ2n) is 6.47. The summed E-state index contributed by atoms with van der Waals surface area (Å²) in [6, 6.07) is 13.9. The smallest absolute Gasteiger partial charge is 0.270 e. The van der Waals surface area contributed by atoms with Crippen LogP contribution in [0.25, 0.3) is 5.69 Å². The molecule has 128 valence electrons. The lowest BCUT2D eigenvalue weighted by atomic mass is 9.95. The molecule has 0 aliphatic carbocycles. The number of benzene rings is 1. The minimum atomic E-state index is 0.107. The average Bonchev–Trinajstić information content (AvgIpc) is 3.31. The lowest BCUT2D eigenvalue weighted by Gasteiger charge is -2.31. The number of piperidine rings is 1. The van der Waals surface area contributed by atoms with E-state index in [0.717, 1.165) is 43.1 Å². The number of carbonyl (C=O) groups excluding carboxylic acids is 1. The van der Waals surface area contributed by atoms with Gasteiger partial charge in [0.1, 0.15) is 17.8 Å². The Balaban J connectivity index is 1.47. The Morgan fingerprint density at radius 2 is 1.84 bits per heavy atom. The topological polar surface area (TPSA) is 56.0 Å². The fourth-order valence-electron chi connectivity index (χ4n) is 3.50. The Morgan fingerprint density at radius 3 is 2.52 bits per heavy atom. The quantitative estimate of drug-likeness (QED) is 0.739. The van der Waals surface area contributed by atoms with Gasteiger partial charge in [-0.3, -0.25) is 9.36 Å². The first-order valence-electron chi connectivity index (χ1n) is 8.60. The van der Waals surface area contributed by atoms with Crippen LogP contribution in [-0.4, -0.2) is 43.2 Å². The molecule has 0 saturated carbocycles. The molecule has 25 heavy (non-hydrogen) atoms. The zero-order valence-electron chi connectivity index (χ0n) is 14.2. The molecule has 0 atom stereocenters. The highest BCUT2D eigenvalue weighted by Crippen LogP contribution is 2.28. The minimum Gasteiger partial charge on any atom is -0.347 e. The van der Waals surface area contributed by atoms with Crippen LogP contribution in [0.5, 0.6) is 0 Å². The van der Waals surface area contributed by atoms with Crippen molar-refractivity contribution >= 4 is 5.91 Å². The molecule has 6 nitrogen and oxygen atoms in total. The summed E-state index contributed by atoms with van der Waals surface area (Å²) in [5, 5.41) is 8.46. The summed E-state index contributed by atoms with van der Waals surface area (Å²) in [6.45, 7) is 1.49. The number of rotatable bonds is 3. The molecule has 1 amide bonds. The molecule has 6 heteroatoms. The van der Waals surface area contributed by atoms with E-state index >= 15 is 0 Å². The molecule has 3 heterocycles. The number of aromatic nitrogens is 4. The molecule has 1 aliphatic heterocycles. The van der Waals surface area contributed by atoms with Gasteiger partial charge in [-0.15, -0.1) is 10.2 Å². The van der Waals surface area contributed by atoms with E-state index in [-0.39, 0.29) is 5.91 Å². The zero-order chi connectivity index (χ0) is 17.2. The molecule has 0 radical (unpaired) electrons. The van der Waals surface area contributed by atoms with Crippen molar-refractivity contribution in [3.05, 3.63) is 66.5 Å². The number of carbonyl (C=O) groups is 1. The SMILES string of the molecule is Cn1cccc1C(=O)N1CCC(c2nncn2-c2ccccc2)CC1. The highest BCUT2D eigenvalue weighted by atomic mass is 16.2. The number of para-hydroxylation sites is 1. The van der Waals surface area contributed by atoms with Crippen LogP contribution in [0.2, 0.25) is 0 Å². The van der Waals surface area contributed by atoms with Crippen LogP contribution in [0.4, 0.5) is 0 Å². The molecule has 1 saturated heterocycles. The summed E-state index contributed by atoms with van der Waals surface area (Å²) in [6.07, 6.45) is 5.48. The maximum absolute atomic E-state index is 12.6. The summed E-state index contributed by atoms with van der Waals surface area (Å²) in [5.74, 6) is 1.41. The van der Waals surface area contributed by atoms with E-state index < -0.39 is 0 Å². The Morgan fingerprint density at radius 1 is 1.08 bits per heavy atom. The van der Waals surface area contributed by atoms with Crippen molar-refractivity contribution in [2.75, 3.05) is 13.1 Å². The van der Waals surface area contributed by atoms with Gasteiger partial charge in [0.2, 0.25) is 0 Å². The first-order valence-corrected chi connectivity index (χ1v) is 8.60. The van der Waals surface area contributed by atoms with Crippen LogP contribution in [0.15, 0.2) is 55.0 Å². The Hall–Kier alpha value is -2.89. The first kappa shape index (κ1) is 15.6. The molecular formula is C19H21N5O. The van der Waals surface area contributed by atoms with Gasteiger partial charge in [0, 0.05) is 37.9 Å². The fraction of sp³-hybridized carbons (Fsp3) is 0.316. The van der Waals surface area contributed by atoms with Crippen LogP contribution >= 0.6 is 0 Å². The van der Waals surface area contributed by atoms with Crippen molar-refractivity contribution in [3.8, 4) is 5.69 Å². The van der Waals surface area contributed by atoms with E-state index in [9.17, 15) is 4.79 Å². The van der Waals surface area contributed by atoms with Gasteiger partial charge >= 0.3 is 0 Å². The molecule has 1 fully saturated rings. The van der Waals surface area contributed by atoms with Crippen molar-refractivity contribution in [1.29, 1.82) is 0 Å². The Labute approximate surface area is 146 Å².